The number of carbonyl (C=O) groups excluding carboxylic acids is 1. The third-order valence-corrected chi connectivity index (χ3v) is 6.06. The number of amides is 2. The zero-order valence-corrected chi connectivity index (χ0v) is 19.4. The highest BCUT2D eigenvalue weighted by Crippen LogP contribution is 2.26. The Morgan fingerprint density at radius 1 is 1.11 bits per heavy atom. The van der Waals surface area contributed by atoms with Crippen LogP contribution in [0.3, 0.4) is 0 Å². The molecule has 0 saturated carbocycles. The van der Waals surface area contributed by atoms with Crippen LogP contribution in [0.15, 0.2) is 66.9 Å². The van der Waals surface area contributed by atoms with Crippen LogP contribution in [0.4, 0.5) is 15.0 Å². The van der Waals surface area contributed by atoms with Gasteiger partial charge in [0.1, 0.15) is 11.6 Å². The molecule has 1 saturated heterocycles. The Morgan fingerprint density at radius 2 is 1.86 bits per heavy atom. The molecule has 5 rings (SSSR count). The second-order valence-corrected chi connectivity index (χ2v) is 8.54. The summed E-state index contributed by atoms with van der Waals surface area (Å²) in [4.78, 5) is 19.8. The molecule has 0 bridgehead atoms. The van der Waals surface area contributed by atoms with Crippen molar-refractivity contribution in [3.8, 4) is 5.69 Å². The highest BCUT2D eigenvalue weighted by atomic mass is 19.1. The molecular weight excluding hydrogens is 447 g/mol. The van der Waals surface area contributed by atoms with Crippen LogP contribution in [-0.2, 0) is 11.3 Å². The van der Waals surface area contributed by atoms with Gasteiger partial charge in [-0.25, -0.2) is 18.9 Å². The average molecular weight is 475 g/mol. The van der Waals surface area contributed by atoms with E-state index < -0.39 is 0 Å². The number of urea groups is 1. The number of halogens is 1. The number of ether oxygens (including phenoxy) is 1. The molecule has 2 aromatic carbocycles. The zero-order valence-electron chi connectivity index (χ0n) is 19.4. The van der Waals surface area contributed by atoms with Crippen LogP contribution in [0, 0.1) is 5.82 Å². The van der Waals surface area contributed by atoms with E-state index in [9.17, 15) is 9.18 Å². The first-order chi connectivity index (χ1) is 17.1. The molecule has 1 atom stereocenters. The Hall–Kier alpha value is -3.82. The molecule has 0 unspecified atom stereocenters. The number of hydrogen-bond donors (Lipinski definition) is 2. The van der Waals surface area contributed by atoms with Gasteiger partial charge in [0.05, 0.1) is 42.4 Å². The molecule has 0 spiro atoms. The van der Waals surface area contributed by atoms with E-state index in [1.165, 1.54) is 12.1 Å². The summed E-state index contributed by atoms with van der Waals surface area (Å²) >= 11 is 0. The molecule has 2 N–H and O–H groups in total. The number of benzene rings is 2. The fourth-order valence-electron chi connectivity index (χ4n) is 4.23. The van der Waals surface area contributed by atoms with E-state index >= 15 is 0 Å². The molecule has 3 heterocycles. The zero-order chi connectivity index (χ0) is 24.2. The minimum Gasteiger partial charge on any atom is -0.379 e. The lowest BCUT2D eigenvalue weighted by Gasteiger charge is -2.26. The van der Waals surface area contributed by atoms with Crippen molar-refractivity contribution in [1.82, 2.24) is 25.0 Å². The van der Waals surface area contributed by atoms with Gasteiger partial charge in [-0.2, -0.15) is 5.10 Å². The summed E-state index contributed by atoms with van der Waals surface area (Å²) in [5, 5.41) is 11.2. The van der Waals surface area contributed by atoms with Crippen LogP contribution >= 0.6 is 0 Å². The van der Waals surface area contributed by atoms with Crippen molar-refractivity contribution in [1.29, 1.82) is 0 Å². The topological polar surface area (TPSA) is 84.3 Å². The third kappa shape index (κ3) is 5.31. The third-order valence-electron chi connectivity index (χ3n) is 6.06. The van der Waals surface area contributed by atoms with E-state index in [0.29, 0.717) is 25.6 Å². The molecule has 0 aliphatic carbocycles. The molecule has 180 valence electrons. The Kier molecular flexibility index (Phi) is 6.69. The highest BCUT2D eigenvalue weighted by Gasteiger charge is 2.19. The smallest absolute Gasteiger partial charge is 0.320 e. The van der Waals surface area contributed by atoms with Crippen molar-refractivity contribution >= 4 is 22.8 Å². The van der Waals surface area contributed by atoms with Crippen LogP contribution < -0.4 is 10.6 Å². The molecule has 35 heavy (non-hydrogen) atoms. The van der Waals surface area contributed by atoms with Gasteiger partial charge in [0, 0.05) is 25.0 Å². The van der Waals surface area contributed by atoms with E-state index in [0.717, 1.165) is 40.9 Å². The number of aromatic nitrogens is 3. The van der Waals surface area contributed by atoms with Gasteiger partial charge in [0.15, 0.2) is 0 Å². The van der Waals surface area contributed by atoms with Crippen molar-refractivity contribution in [2.45, 2.75) is 19.5 Å². The fourth-order valence-corrected chi connectivity index (χ4v) is 4.23. The van der Waals surface area contributed by atoms with Crippen molar-refractivity contribution in [2.75, 3.05) is 31.6 Å². The van der Waals surface area contributed by atoms with Crippen LogP contribution in [0.1, 0.15) is 24.2 Å². The lowest BCUT2D eigenvalue weighted by Crippen LogP contribution is -2.36. The molecule has 1 aliphatic heterocycles. The van der Waals surface area contributed by atoms with E-state index in [4.69, 9.17) is 9.72 Å². The monoisotopic (exact) mass is 474 g/mol. The van der Waals surface area contributed by atoms with Crippen molar-refractivity contribution in [3.05, 3.63) is 83.9 Å². The molecule has 9 heteroatoms. The molecule has 2 aromatic heterocycles. The molecule has 0 radical (unpaired) electrons. The van der Waals surface area contributed by atoms with Crippen molar-refractivity contribution in [3.63, 3.8) is 0 Å². The SMILES string of the molecule is C[C@@H](NC(=O)Nc1cc2cnn(-c3ccc(F)cc3)c2c(CN2CCOCC2)n1)c1ccccc1. The maximum Gasteiger partial charge on any atom is 0.320 e. The molecule has 2 amide bonds. The molecule has 4 aromatic rings. The Bertz CT molecular complexity index is 1300. The normalized spacial score (nSPS) is 15.1. The number of nitrogens with zero attached hydrogens (tertiary/aromatic N) is 4. The number of nitrogens with one attached hydrogen (secondary N) is 2. The first-order valence-electron chi connectivity index (χ1n) is 11.6. The number of anilines is 1. The minimum atomic E-state index is -0.337. The summed E-state index contributed by atoms with van der Waals surface area (Å²) in [5.74, 6) is 0.135. The molecular formula is C26H27FN6O2. The summed E-state index contributed by atoms with van der Waals surface area (Å²) < 4.78 is 20.7. The largest absolute Gasteiger partial charge is 0.379 e. The fraction of sp³-hybridized carbons (Fsp3) is 0.269. The van der Waals surface area contributed by atoms with Gasteiger partial charge in [0.2, 0.25) is 0 Å². The van der Waals surface area contributed by atoms with Gasteiger partial charge in [0.25, 0.3) is 0 Å². The van der Waals surface area contributed by atoms with Crippen LogP contribution in [0.25, 0.3) is 16.6 Å². The number of fused-ring (bicyclic) bond motifs is 1. The summed E-state index contributed by atoms with van der Waals surface area (Å²) in [6.07, 6.45) is 1.73. The lowest BCUT2D eigenvalue weighted by atomic mass is 10.1. The number of hydrogen-bond acceptors (Lipinski definition) is 5. The summed E-state index contributed by atoms with van der Waals surface area (Å²) in [6, 6.07) is 17.3. The first-order valence-corrected chi connectivity index (χ1v) is 11.6. The van der Waals surface area contributed by atoms with Crippen LogP contribution in [0.2, 0.25) is 0 Å². The van der Waals surface area contributed by atoms with Crippen molar-refractivity contribution < 1.29 is 13.9 Å². The summed E-state index contributed by atoms with van der Waals surface area (Å²) in [5.41, 5.74) is 3.35. The number of morpholine rings is 1. The van der Waals surface area contributed by atoms with E-state index in [1.807, 2.05) is 37.3 Å². The van der Waals surface area contributed by atoms with E-state index in [1.54, 1.807) is 29.1 Å². The molecule has 1 aliphatic rings. The maximum atomic E-state index is 13.5. The first kappa shape index (κ1) is 22.9. The quantitative estimate of drug-likeness (QED) is 0.436. The summed E-state index contributed by atoms with van der Waals surface area (Å²) in [7, 11) is 0. The highest BCUT2D eigenvalue weighted by molar-refractivity contribution is 5.92. The van der Waals surface area contributed by atoms with Gasteiger partial charge in [-0.3, -0.25) is 10.2 Å². The van der Waals surface area contributed by atoms with Gasteiger partial charge < -0.3 is 10.1 Å². The molecule has 1 fully saturated rings. The number of pyridine rings is 1. The minimum absolute atomic E-state index is 0.158. The van der Waals surface area contributed by atoms with E-state index in [2.05, 4.69) is 20.6 Å². The van der Waals surface area contributed by atoms with E-state index in [-0.39, 0.29) is 17.9 Å². The second kappa shape index (κ2) is 10.2. The van der Waals surface area contributed by atoms with Gasteiger partial charge >= 0.3 is 6.03 Å². The number of carbonyl (C=O) groups is 1. The van der Waals surface area contributed by atoms with Gasteiger partial charge in [-0.1, -0.05) is 30.3 Å². The number of rotatable bonds is 6. The molecule has 8 nitrogen and oxygen atoms in total. The second-order valence-electron chi connectivity index (χ2n) is 8.54. The Labute approximate surface area is 202 Å². The summed E-state index contributed by atoms with van der Waals surface area (Å²) in [6.45, 7) is 5.42. The Balaban J connectivity index is 1.44. The van der Waals surface area contributed by atoms with Crippen LogP contribution in [0.5, 0.6) is 0 Å². The van der Waals surface area contributed by atoms with Crippen molar-refractivity contribution in [2.24, 2.45) is 0 Å². The predicted molar refractivity (Wildman–Crippen MR) is 132 cm³/mol. The maximum absolute atomic E-state index is 13.5. The average Bonchev–Trinajstić information content (AvgIpc) is 3.30. The van der Waals surface area contributed by atoms with Gasteiger partial charge in [-0.15, -0.1) is 0 Å². The van der Waals surface area contributed by atoms with Crippen LogP contribution in [-0.4, -0.2) is 52.0 Å². The van der Waals surface area contributed by atoms with Gasteiger partial charge in [-0.05, 0) is 42.8 Å². The standard InChI is InChI=1S/C26H27FN6O2/c1-18(19-5-3-2-4-6-19)29-26(34)31-24-15-20-16-28-33(22-9-7-21(27)8-10-22)25(20)23(30-24)17-32-11-13-35-14-12-32/h2-10,15-16,18H,11-14,17H2,1H3,(H2,29,30,31,34)/t18-/m1/s1. The Morgan fingerprint density at radius 3 is 2.60 bits per heavy atom. The predicted octanol–water partition coefficient (Wildman–Crippen LogP) is 4.27. The lowest BCUT2D eigenvalue weighted by molar-refractivity contribution is 0.0338.